The lowest BCUT2D eigenvalue weighted by Crippen LogP contribution is -2.35. The molecule has 0 unspecified atom stereocenters. The predicted octanol–water partition coefficient (Wildman–Crippen LogP) is 3.42. The van der Waals surface area contributed by atoms with Crippen molar-refractivity contribution in [3.05, 3.63) is 54.1 Å². The van der Waals surface area contributed by atoms with Gasteiger partial charge in [0.15, 0.2) is 0 Å². The summed E-state index contributed by atoms with van der Waals surface area (Å²) >= 11 is 0. The lowest BCUT2D eigenvalue weighted by Gasteiger charge is -2.13. The molecule has 0 saturated heterocycles. The van der Waals surface area contributed by atoms with Gasteiger partial charge in [0.1, 0.15) is 18.1 Å². The van der Waals surface area contributed by atoms with Crippen molar-refractivity contribution in [2.45, 2.75) is 38.3 Å². The molecule has 0 atom stereocenters. The Kier molecular flexibility index (Phi) is 4.90. The molecule has 1 amide bonds. The Morgan fingerprint density at radius 1 is 1.14 bits per heavy atom. The van der Waals surface area contributed by atoms with E-state index in [-0.39, 0.29) is 24.3 Å². The number of halogens is 1. The van der Waals surface area contributed by atoms with Gasteiger partial charge >= 0.3 is 5.97 Å². The summed E-state index contributed by atoms with van der Waals surface area (Å²) in [6, 6.07) is 9.85. The third-order valence-corrected chi connectivity index (χ3v) is 5.28. The van der Waals surface area contributed by atoms with Gasteiger partial charge in [-0.25, -0.2) is 9.18 Å². The van der Waals surface area contributed by atoms with Crippen LogP contribution in [0.15, 0.2) is 42.6 Å². The number of methoxy groups -OCH3 is 1. The van der Waals surface area contributed by atoms with Gasteiger partial charge in [0.05, 0.1) is 18.1 Å². The van der Waals surface area contributed by atoms with Gasteiger partial charge in [-0.05, 0) is 49.2 Å². The molecule has 1 saturated carbocycles. The molecule has 2 aromatic heterocycles. The van der Waals surface area contributed by atoms with E-state index < -0.39 is 5.97 Å². The maximum absolute atomic E-state index is 13.3. The van der Waals surface area contributed by atoms with Crippen molar-refractivity contribution < 1.29 is 18.7 Å². The molecule has 0 radical (unpaired) electrons. The third kappa shape index (κ3) is 3.40. The minimum atomic E-state index is -0.504. The van der Waals surface area contributed by atoms with E-state index >= 15 is 0 Å². The van der Waals surface area contributed by atoms with Crippen molar-refractivity contribution in [1.82, 2.24) is 14.5 Å². The van der Waals surface area contributed by atoms with Crippen LogP contribution in [0.4, 0.5) is 4.39 Å². The highest BCUT2D eigenvalue weighted by Gasteiger charge is 2.22. The lowest BCUT2D eigenvalue weighted by molar-refractivity contribution is -0.122. The summed E-state index contributed by atoms with van der Waals surface area (Å²) in [7, 11) is 1.32. The first-order valence-electron chi connectivity index (χ1n) is 9.41. The number of fused-ring (bicyclic) bond motifs is 1. The van der Waals surface area contributed by atoms with Crippen LogP contribution < -0.4 is 5.32 Å². The minimum absolute atomic E-state index is 0.0395. The molecule has 0 spiro atoms. The number of ether oxygens (including phenoxy) is 1. The van der Waals surface area contributed by atoms with E-state index in [4.69, 9.17) is 4.74 Å². The Hall–Kier alpha value is -3.09. The van der Waals surface area contributed by atoms with Crippen LogP contribution in [-0.4, -0.2) is 34.2 Å². The molecule has 0 aliphatic heterocycles. The van der Waals surface area contributed by atoms with E-state index in [2.05, 4.69) is 5.32 Å². The fourth-order valence-corrected chi connectivity index (χ4v) is 3.90. The van der Waals surface area contributed by atoms with E-state index in [0.29, 0.717) is 5.69 Å². The van der Waals surface area contributed by atoms with Gasteiger partial charge in [-0.1, -0.05) is 12.8 Å². The molecule has 4 rings (SSSR count). The highest BCUT2D eigenvalue weighted by molar-refractivity contribution is 5.96. The maximum atomic E-state index is 13.3. The van der Waals surface area contributed by atoms with Crippen LogP contribution in [-0.2, 0) is 16.1 Å². The zero-order valence-electron chi connectivity index (χ0n) is 15.7. The summed E-state index contributed by atoms with van der Waals surface area (Å²) in [5.41, 5.74) is 2.57. The first-order chi connectivity index (χ1) is 13.6. The Labute approximate surface area is 161 Å². The number of esters is 1. The number of nitrogens with one attached hydrogen (secondary N) is 1. The number of benzene rings is 1. The van der Waals surface area contributed by atoms with Crippen molar-refractivity contribution in [2.75, 3.05) is 7.11 Å². The van der Waals surface area contributed by atoms with Crippen LogP contribution in [0.25, 0.3) is 16.7 Å². The molecule has 1 fully saturated rings. The van der Waals surface area contributed by atoms with Gasteiger partial charge in [0.2, 0.25) is 5.91 Å². The fourth-order valence-electron chi connectivity index (χ4n) is 3.90. The number of hydrogen-bond acceptors (Lipinski definition) is 3. The minimum Gasteiger partial charge on any atom is -0.464 e. The van der Waals surface area contributed by atoms with Crippen molar-refractivity contribution >= 4 is 22.9 Å². The molecular formula is C21H22FN3O3. The molecule has 1 aliphatic carbocycles. The number of amides is 1. The molecule has 0 bridgehead atoms. The SMILES string of the molecule is COC(=O)c1cc2c(ccn2-c2ccc(F)cc2)n1CC(=O)NC1CCCC1. The van der Waals surface area contributed by atoms with Gasteiger partial charge in [0.25, 0.3) is 0 Å². The van der Waals surface area contributed by atoms with Crippen molar-refractivity contribution in [2.24, 2.45) is 0 Å². The largest absolute Gasteiger partial charge is 0.464 e. The quantitative estimate of drug-likeness (QED) is 0.687. The monoisotopic (exact) mass is 383 g/mol. The van der Waals surface area contributed by atoms with Crippen LogP contribution in [0.3, 0.4) is 0 Å². The zero-order chi connectivity index (χ0) is 19.7. The molecule has 1 aromatic carbocycles. The summed E-state index contributed by atoms with van der Waals surface area (Å²) in [5, 5.41) is 3.05. The van der Waals surface area contributed by atoms with Crippen LogP contribution >= 0.6 is 0 Å². The molecule has 3 aromatic rings. The summed E-state index contributed by atoms with van der Waals surface area (Å²) in [4.78, 5) is 24.8. The number of hydrogen-bond donors (Lipinski definition) is 1. The maximum Gasteiger partial charge on any atom is 0.354 e. The molecule has 28 heavy (non-hydrogen) atoms. The number of carbonyl (C=O) groups is 2. The number of rotatable bonds is 5. The lowest BCUT2D eigenvalue weighted by atomic mass is 10.2. The fraction of sp³-hybridized carbons (Fsp3) is 0.333. The smallest absolute Gasteiger partial charge is 0.354 e. The van der Waals surface area contributed by atoms with Gasteiger partial charge in [-0.3, -0.25) is 4.79 Å². The second-order valence-electron chi connectivity index (χ2n) is 7.09. The topological polar surface area (TPSA) is 65.3 Å². The van der Waals surface area contributed by atoms with Gasteiger partial charge in [0, 0.05) is 17.9 Å². The van der Waals surface area contributed by atoms with Crippen molar-refractivity contribution in [1.29, 1.82) is 0 Å². The molecule has 1 N–H and O–H groups in total. The normalized spacial score (nSPS) is 14.5. The van der Waals surface area contributed by atoms with Crippen LogP contribution in [0.5, 0.6) is 0 Å². The highest BCUT2D eigenvalue weighted by atomic mass is 19.1. The Balaban J connectivity index is 1.70. The van der Waals surface area contributed by atoms with E-state index in [1.54, 1.807) is 22.8 Å². The highest BCUT2D eigenvalue weighted by Crippen LogP contribution is 2.26. The van der Waals surface area contributed by atoms with Crippen LogP contribution in [0.2, 0.25) is 0 Å². The molecule has 7 heteroatoms. The average molecular weight is 383 g/mol. The Morgan fingerprint density at radius 2 is 1.86 bits per heavy atom. The van der Waals surface area contributed by atoms with E-state index in [9.17, 15) is 14.0 Å². The van der Waals surface area contributed by atoms with Crippen molar-refractivity contribution in [3.8, 4) is 5.69 Å². The molecule has 2 heterocycles. The number of nitrogens with zero attached hydrogens (tertiary/aromatic N) is 2. The average Bonchev–Trinajstić information content (AvgIpc) is 3.40. The first kappa shape index (κ1) is 18.3. The van der Waals surface area contributed by atoms with E-state index in [0.717, 1.165) is 42.4 Å². The molecule has 146 valence electrons. The second-order valence-corrected chi connectivity index (χ2v) is 7.09. The van der Waals surface area contributed by atoms with Gasteiger partial charge < -0.3 is 19.2 Å². The Morgan fingerprint density at radius 3 is 2.54 bits per heavy atom. The Bertz CT molecular complexity index is 1010. The summed E-state index contributed by atoms with van der Waals surface area (Å²) in [6.07, 6.45) is 6.10. The zero-order valence-corrected chi connectivity index (χ0v) is 15.7. The van der Waals surface area contributed by atoms with E-state index in [1.165, 1.54) is 19.2 Å². The van der Waals surface area contributed by atoms with Gasteiger partial charge in [-0.15, -0.1) is 0 Å². The predicted molar refractivity (Wildman–Crippen MR) is 103 cm³/mol. The molecular weight excluding hydrogens is 361 g/mol. The second kappa shape index (κ2) is 7.50. The summed E-state index contributed by atoms with van der Waals surface area (Å²) in [6.45, 7) is 0.0395. The van der Waals surface area contributed by atoms with Crippen LogP contribution in [0.1, 0.15) is 36.2 Å². The number of aromatic nitrogens is 2. The third-order valence-electron chi connectivity index (χ3n) is 5.28. The first-order valence-corrected chi connectivity index (χ1v) is 9.41. The molecule has 6 nitrogen and oxygen atoms in total. The summed E-state index contributed by atoms with van der Waals surface area (Å²) in [5.74, 6) is -0.942. The van der Waals surface area contributed by atoms with Crippen LogP contribution in [0, 0.1) is 5.82 Å². The van der Waals surface area contributed by atoms with E-state index in [1.807, 2.05) is 16.8 Å². The summed E-state index contributed by atoms with van der Waals surface area (Å²) < 4.78 is 21.7. The molecule has 1 aliphatic rings. The standard InChI is InChI=1S/C21H22FN3O3/c1-28-21(27)19-12-18-17(10-11-24(18)16-8-6-14(22)7-9-16)25(19)13-20(26)23-15-4-2-3-5-15/h6-12,15H,2-5,13H2,1H3,(H,23,26). The van der Waals surface area contributed by atoms with Crippen molar-refractivity contribution in [3.63, 3.8) is 0 Å². The number of carbonyl (C=O) groups excluding carboxylic acids is 2. The van der Waals surface area contributed by atoms with Gasteiger partial charge in [-0.2, -0.15) is 0 Å².